The van der Waals surface area contributed by atoms with Gasteiger partial charge in [0, 0.05) is 30.4 Å². The topological polar surface area (TPSA) is 125 Å². The summed E-state index contributed by atoms with van der Waals surface area (Å²) < 4.78 is 0. The zero-order valence-electron chi connectivity index (χ0n) is 14.8. The van der Waals surface area contributed by atoms with Crippen LogP contribution < -0.4 is 16.0 Å². The Balaban J connectivity index is 1.48. The van der Waals surface area contributed by atoms with Crippen LogP contribution in [0.4, 0.5) is 16.3 Å². The van der Waals surface area contributed by atoms with E-state index < -0.39 is 0 Å². The molecule has 0 unspecified atom stereocenters. The van der Waals surface area contributed by atoms with Gasteiger partial charge in [0.1, 0.15) is 18.0 Å². The Morgan fingerprint density at radius 1 is 1.11 bits per heavy atom. The highest BCUT2D eigenvalue weighted by Gasteiger charge is 2.09. The average Bonchev–Trinajstić information content (AvgIpc) is 3.21. The highest BCUT2D eigenvalue weighted by atomic mass is 35.5. The molecular formula is C18H18ClN7O2. The molecule has 0 atom stereocenters. The molecule has 1 aromatic carbocycles. The minimum Gasteiger partial charge on any atom is -0.338 e. The van der Waals surface area contributed by atoms with Crippen molar-refractivity contribution < 1.29 is 9.59 Å². The van der Waals surface area contributed by atoms with Crippen molar-refractivity contribution in [1.29, 1.82) is 0 Å². The van der Waals surface area contributed by atoms with Gasteiger partial charge in [0.05, 0.1) is 5.02 Å². The second-order valence-corrected chi connectivity index (χ2v) is 6.25. The van der Waals surface area contributed by atoms with E-state index in [1.165, 1.54) is 12.5 Å². The predicted octanol–water partition coefficient (Wildman–Crippen LogP) is 2.86. The fraction of sp³-hybridized carbons (Fsp3) is 0.167. The zero-order chi connectivity index (χ0) is 19.8. The van der Waals surface area contributed by atoms with Crippen molar-refractivity contribution in [1.82, 2.24) is 25.5 Å². The van der Waals surface area contributed by atoms with E-state index in [-0.39, 0.29) is 11.9 Å². The number of carbonyl (C=O) groups is 2. The van der Waals surface area contributed by atoms with Crippen LogP contribution in [0.5, 0.6) is 0 Å². The highest BCUT2D eigenvalue weighted by Crippen LogP contribution is 2.14. The van der Waals surface area contributed by atoms with E-state index >= 15 is 0 Å². The van der Waals surface area contributed by atoms with E-state index in [0.717, 1.165) is 12.2 Å². The van der Waals surface area contributed by atoms with Gasteiger partial charge in [0.15, 0.2) is 0 Å². The number of hydrogen-bond acceptors (Lipinski definition) is 5. The molecule has 4 N–H and O–H groups in total. The van der Waals surface area contributed by atoms with Crippen molar-refractivity contribution in [2.24, 2.45) is 0 Å². The van der Waals surface area contributed by atoms with Gasteiger partial charge in [-0.3, -0.25) is 9.89 Å². The van der Waals surface area contributed by atoms with Gasteiger partial charge in [-0.05, 0) is 36.8 Å². The standard InChI is InChI=1S/C18H18ClN7O2/c19-13-6-7-15(21-10-13)25-17(27)12-3-1-4-14(9-12)24-18(28)20-8-2-5-16-22-11-23-26-16/h1,3-4,6-7,9-11H,2,5,8H2,(H2,20,24,28)(H,21,25,27)(H,22,23,26). The lowest BCUT2D eigenvalue weighted by molar-refractivity contribution is 0.102. The summed E-state index contributed by atoms with van der Waals surface area (Å²) in [6.45, 7) is 0.481. The highest BCUT2D eigenvalue weighted by molar-refractivity contribution is 6.30. The van der Waals surface area contributed by atoms with Crippen LogP contribution in [0.2, 0.25) is 5.02 Å². The third kappa shape index (κ3) is 5.78. The van der Waals surface area contributed by atoms with Gasteiger partial charge >= 0.3 is 6.03 Å². The Bertz CT molecular complexity index is 929. The molecule has 0 fully saturated rings. The number of carbonyl (C=O) groups excluding carboxylic acids is 2. The van der Waals surface area contributed by atoms with Gasteiger partial charge in [0.25, 0.3) is 5.91 Å². The van der Waals surface area contributed by atoms with Crippen LogP contribution >= 0.6 is 11.6 Å². The first-order chi connectivity index (χ1) is 13.6. The Kier molecular flexibility index (Phi) is 6.53. The van der Waals surface area contributed by atoms with E-state index in [2.05, 4.69) is 36.1 Å². The van der Waals surface area contributed by atoms with E-state index in [0.29, 0.717) is 35.1 Å². The molecule has 0 radical (unpaired) electrons. The van der Waals surface area contributed by atoms with Crippen LogP contribution in [0.1, 0.15) is 22.6 Å². The maximum Gasteiger partial charge on any atom is 0.319 e. The Morgan fingerprint density at radius 2 is 2.00 bits per heavy atom. The monoisotopic (exact) mass is 399 g/mol. The molecule has 10 heteroatoms. The molecule has 9 nitrogen and oxygen atoms in total. The van der Waals surface area contributed by atoms with Crippen molar-refractivity contribution in [3.63, 3.8) is 0 Å². The molecule has 2 aromatic heterocycles. The lowest BCUT2D eigenvalue weighted by Crippen LogP contribution is -2.29. The maximum absolute atomic E-state index is 12.3. The summed E-state index contributed by atoms with van der Waals surface area (Å²) in [6.07, 6.45) is 4.30. The summed E-state index contributed by atoms with van der Waals surface area (Å²) in [5.74, 6) is 0.819. The fourth-order valence-electron chi connectivity index (χ4n) is 2.36. The Labute approximate surface area is 165 Å². The van der Waals surface area contributed by atoms with E-state index in [9.17, 15) is 9.59 Å². The van der Waals surface area contributed by atoms with Crippen LogP contribution in [0.25, 0.3) is 0 Å². The molecule has 0 saturated heterocycles. The van der Waals surface area contributed by atoms with Crippen molar-refractivity contribution in [2.75, 3.05) is 17.2 Å². The maximum atomic E-state index is 12.3. The molecule has 3 amide bonds. The van der Waals surface area contributed by atoms with Crippen molar-refractivity contribution >= 4 is 35.0 Å². The van der Waals surface area contributed by atoms with E-state index in [1.807, 2.05) is 0 Å². The van der Waals surface area contributed by atoms with Gasteiger partial charge in [-0.2, -0.15) is 5.10 Å². The molecule has 2 heterocycles. The zero-order valence-corrected chi connectivity index (χ0v) is 15.5. The van der Waals surface area contributed by atoms with Crippen molar-refractivity contribution in [3.05, 3.63) is 65.3 Å². The summed E-state index contributed by atoms with van der Waals surface area (Å²) in [5, 5.41) is 15.1. The number of pyridine rings is 1. The largest absolute Gasteiger partial charge is 0.338 e. The van der Waals surface area contributed by atoms with Gasteiger partial charge in [-0.15, -0.1) is 0 Å². The number of amides is 3. The molecule has 0 spiro atoms. The van der Waals surface area contributed by atoms with E-state index in [4.69, 9.17) is 11.6 Å². The molecule has 0 saturated carbocycles. The van der Waals surface area contributed by atoms with Crippen LogP contribution in [-0.2, 0) is 6.42 Å². The van der Waals surface area contributed by atoms with Crippen LogP contribution in [-0.4, -0.2) is 38.6 Å². The Hall–Kier alpha value is -3.46. The second kappa shape index (κ2) is 9.47. The molecule has 28 heavy (non-hydrogen) atoms. The van der Waals surface area contributed by atoms with E-state index in [1.54, 1.807) is 36.4 Å². The number of rotatable bonds is 7. The molecule has 0 aliphatic heterocycles. The molecule has 3 rings (SSSR count). The minimum absolute atomic E-state index is 0.342. The number of aromatic nitrogens is 4. The van der Waals surface area contributed by atoms with Gasteiger partial charge in [0.2, 0.25) is 0 Å². The molecule has 144 valence electrons. The first-order valence-corrected chi connectivity index (χ1v) is 8.90. The lowest BCUT2D eigenvalue weighted by Gasteiger charge is -2.09. The molecule has 0 aliphatic rings. The summed E-state index contributed by atoms with van der Waals surface area (Å²) in [5.41, 5.74) is 0.893. The number of aromatic amines is 1. The van der Waals surface area contributed by atoms with Crippen LogP contribution in [0.3, 0.4) is 0 Å². The van der Waals surface area contributed by atoms with Crippen molar-refractivity contribution in [3.8, 4) is 0 Å². The third-order valence-corrected chi connectivity index (χ3v) is 3.92. The summed E-state index contributed by atoms with van der Waals surface area (Å²) >= 11 is 5.78. The van der Waals surface area contributed by atoms with Gasteiger partial charge in [-0.1, -0.05) is 17.7 Å². The predicted molar refractivity (Wildman–Crippen MR) is 105 cm³/mol. The first kappa shape index (κ1) is 19.3. The first-order valence-electron chi connectivity index (χ1n) is 8.52. The smallest absolute Gasteiger partial charge is 0.319 e. The molecule has 0 aliphatic carbocycles. The number of nitrogens with zero attached hydrogens (tertiary/aromatic N) is 3. The number of benzene rings is 1. The number of aryl methyl sites for hydroxylation is 1. The summed E-state index contributed by atoms with van der Waals surface area (Å²) in [6, 6.07) is 9.50. The van der Waals surface area contributed by atoms with Crippen molar-refractivity contribution in [2.45, 2.75) is 12.8 Å². The lowest BCUT2D eigenvalue weighted by atomic mass is 10.2. The molecule has 0 bridgehead atoms. The fourth-order valence-corrected chi connectivity index (χ4v) is 2.47. The average molecular weight is 400 g/mol. The second-order valence-electron chi connectivity index (χ2n) is 5.81. The number of anilines is 2. The number of H-pyrrole nitrogens is 1. The third-order valence-electron chi connectivity index (χ3n) is 3.69. The molecule has 3 aromatic rings. The number of halogens is 1. The number of urea groups is 1. The van der Waals surface area contributed by atoms with Gasteiger partial charge in [-0.25, -0.2) is 14.8 Å². The number of nitrogens with one attached hydrogen (secondary N) is 4. The summed E-state index contributed by atoms with van der Waals surface area (Å²) in [7, 11) is 0. The van der Waals surface area contributed by atoms with Crippen LogP contribution in [0, 0.1) is 0 Å². The normalized spacial score (nSPS) is 10.3. The Morgan fingerprint density at radius 3 is 2.75 bits per heavy atom. The molecular weight excluding hydrogens is 382 g/mol. The number of hydrogen-bond donors (Lipinski definition) is 4. The SMILES string of the molecule is O=C(NCCCc1ncn[nH]1)Nc1cccc(C(=O)Nc2ccc(Cl)cn2)c1. The quantitative estimate of drug-likeness (QED) is 0.454. The van der Waals surface area contributed by atoms with Gasteiger partial charge < -0.3 is 16.0 Å². The minimum atomic E-state index is -0.352. The summed E-state index contributed by atoms with van der Waals surface area (Å²) in [4.78, 5) is 32.4. The van der Waals surface area contributed by atoms with Crippen LogP contribution in [0.15, 0.2) is 48.9 Å².